The summed E-state index contributed by atoms with van der Waals surface area (Å²) in [7, 11) is 0. The molecule has 1 amide bonds. The number of hydrogen-bond donors (Lipinski definition) is 1. The number of nitrogens with one attached hydrogen (secondary N) is 1. The molecule has 2 heterocycles. The molecule has 0 radical (unpaired) electrons. The van der Waals surface area contributed by atoms with Crippen molar-refractivity contribution in [2.24, 2.45) is 0 Å². The average Bonchev–Trinajstić information content (AvgIpc) is 3.14. The molecular formula is C20H29N5OS2. The molecule has 0 bridgehead atoms. The largest absolute Gasteiger partial charge is 0.339 e. The third-order valence-corrected chi connectivity index (χ3v) is 7.00. The second kappa shape index (κ2) is 9.71. The van der Waals surface area contributed by atoms with E-state index in [0.29, 0.717) is 5.92 Å². The predicted molar refractivity (Wildman–Crippen MR) is 118 cm³/mol. The second-order valence-electron chi connectivity index (χ2n) is 7.29. The Bertz CT molecular complexity index is 769. The molecule has 2 aromatic rings. The van der Waals surface area contributed by atoms with Gasteiger partial charge in [0.2, 0.25) is 11.0 Å². The fourth-order valence-corrected chi connectivity index (χ4v) is 5.13. The number of nitrogens with zero attached hydrogens (tertiary/aromatic N) is 4. The van der Waals surface area contributed by atoms with Gasteiger partial charge in [-0.1, -0.05) is 56.0 Å². The van der Waals surface area contributed by atoms with E-state index in [1.165, 1.54) is 28.7 Å². The number of anilines is 2. The van der Waals surface area contributed by atoms with Crippen LogP contribution in [0.2, 0.25) is 0 Å². The highest BCUT2D eigenvalue weighted by atomic mass is 32.2. The summed E-state index contributed by atoms with van der Waals surface area (Å²) in [5, 5.41) is 12.4. The Kier molecular flexibility index (Phi) is 7.31. The standard InChI is InChI=1S/C20H29N5OS2/c1-5-24-10-12-25(13-11-24)18(26)15(4)27-20-23-22-19(28-20)21-17-8-6-16(7-9-17)14(2)3/h6-9,14-15H,5,10-13H2,1-4H3,(H,21,22). The van der Waals surface area contributed by atoms with Gasteiger partial charge in [-0.25, -0.2) is 0 Å². The number of carbonyl (C=O) groups excluding carboxylic acids is 1. The van der Waals surface area contributed by atoms with E-state index in [-0.39, 0.29) is 11.2 Å². The Morgan fingerprint density at radius 3 is 2.43 bits per heavy atom. The van der Waals surface area contributed by atoms with E-state index in [1.54, 1.807) is 0 Å². The highest BCUT2D eigenvalue weighted by Gasteiger charge is 2.26. The molecule has 1 fully saturated rings. The van der Waals surface area contributed by atoms with Crippen LogP contribution in [0.4, 0.5) is 10.8 Å². The van der Waals surface area contributed by atoms with Crippen LogP contribution in [0.1, 0.15) is 39.2 Å². The maximum absolute atomic E-state index is 12.7. The summed E-state index contributed by atoms with van der Waals surface area (Å²) in [6.45, 7) is 13.1. The van der Waals surface area contributed by atoms with Gasteiger partial charge in [0.1, 0.15) is 0 Å². The Labute approximate surface area is 175 Å². The van der Waals surface area contributed by atoms with Crippen molar-refractivity contribution in [1.29, 1.82) is 0 Å². The van der Waals surface area contributed by atoms with Gasteiger partial charge in [0.05, 0.1) is 5.25 Å². The van der Waals surface area contributed by atoms with Crippen LogP contribution in [0, 0.1) is 0 Å². The van der Waals surface area contributed by atoms with Crippen molar-refractivity contribution in [2.75, 3.05) is 38.0 Å². The molecule has 1 aromatic carbocycles. The highest BCUT2D eigenvalue weighted by Crippen LogP contribution is 2.31. The molecular weight excluding hydrogens is 390 g/mol. The third-order valence-electron chi connectivity index (χ3n) is 4.99. The second-order valence-corrected chi connectivity index (χ2v) is 9.86. The van der Waals surface area contributed by atoms with E-state index < -0.39 is 0 Å². The number of likely N-dealkylation sites (N-methyl/N-ethyl adjacent to an activating group) is 1. The monoisotopic (exact) mass is 419 g/mol. The fraction of sp³-hybridized carbons (Fsp3) is 0.550. The van der Waals surface area contributed by atoms with Crippen LogP contribution in [0.5, 0.6) is 0 Å². The summed E-state index contributed by atoms with van der Waals surface area (Å²) in [4.78, 5) is 17.1. The zero-order valence-corrected chi connectivity index (χ0v) is 18.6. The van der Waals surface area contributed by atoms with Crippen molar-refractivity contribution in [3.63, 3.8) is 0 Å². The summed E-state index contributed by atoms with van der Waals surface area (Å²) in [5.41, 5.74) is 2.31. The van der Waals surface area contributed by atoms with Crippen LogP contribution < -0.4 is 5.32 Å². The molecule has 1 atom stereocenters. The number of aromatic nitrogens is 2. The fourth-order valence-electron chi connectivity index (χ4n) is 3.13. The number of amides is 1. The maximum Gasteiger partial charge on any atom is 0.235 e. The first-order valence-electron chi connectivity index (χ1n) is 9.84. The number of carbonyl (C=O) groups is 1. The molecule has 1 aliphatic heterocycles. The first kappa shape index (κ1) is 21.1. The summed E-state index contributed by atoms with van der Waals surface area (Å²) in [5.74, 6) is 0.706. The molecule has 1 aliphatic rings. The van der Waals surface area contributed by atoms with Crippen LogP contribution in [0.25, 0.3) is 0 Å². The third kappa shape index (κ3) is 5.46. The molecule has 0 aliphatic carbocycles. The minimum atomic E-state index is -0.153. The number of rotatable bonds is 7. The van der Waals surface area contributed by atoms with Gasteiger partial charge in [-0.15, -0.1) is 10.2 Å². The molecule has 152 valence electrons. The molecule has 0 spiro atoms. The molecule has 1 N–H and O–H groups in total. The van der Waals surface area contributed by atoms with Crippen LogP contribution in [0.15, 0.2) is 28.6 Å². The number of piperazine rings is 1. The lowest BCUT2D eigenvalue weighted by molar-refractivity contribution is -0.132. The molecule has 1 saturated heterocycles. The molecule has 1 aromatic heterocycles. The summed E-state index contributed by atoms with van der Waals surface area (Å²) in [6, 6.07) is 8.38. The molecule has 6 nitrogen and oxygen atoms in total. The van der Waals surface area contributed by atoms with Gasteiger partial charge in [-0.2, -0.15) is 0 Å². The zero-order valence-electron chi connectivity index (χ0n) is 17.0. The Morgan fingerprint density at radius 2 is 1.82 bits per heavy atom. The summed E-state index contributed by atoms with van der Waals surface area (Å²) in [6.07, 6.45) is 0. The van der Waals surface area contributed by atoms with Crippen molar-refractivity contribution in [3.05, 3.63) is 29.8 Å². The minimum absolute atomic E-state index is 0.153. The predicted octanol–water partition coefficient (Wildman–Crippen LogP) is 4.05. The first-order chi connectivity index (χ1) is 13.5. The van der Waals surface area contributed by atoms with Crippen LogP contribution >= 0.6 is 23.1 Å². The van der Waals surface area contributed by atoms with E-state index >= 15 is 0 Å². The number of hydrogen-bond acceptors (Lipinski definition) is 7. The summed E-state index contributed by atoms with van der Waals surface area (Å²) < 4.78 is 0.814. The van der Waals surface area contributed by atoms with Gasteiger partial charge in [0, 0.05) is 31.9 Å². The van der Waals surface area contributed by atoms with Crippen molar-refractivity contribution >= 4 is 39.8 Å². The SMILES string of the molecule is CCN1CCN(C(=O)C(C)Sc2nnc(Nc3ccc(C(C)C)cc3)s2)CC1. The lowest BCUT2D eigenvalue weighted by Gasteiger charge is -2.35. The smallest absolute Gasteiger partial charge is 0.235 e. The van der Waals surface area contributed by atoms with E-state index in [9.17, 15) is 4.79 Å². The average molecular weight is 420 g/mol. The molecule has 1 unspecified atom stereocenters. The van der Waals surface area contributed by atoms with Crippen LogP contribution in [-0.2, 0) is 4.79 Å². The van der Waals surface area contributed by atoms with Crippen molar-refractivity contribution in [3.8, 4) is 0 Å². The molecule has 0 saturated carbocycles. The van der Waals surface area contributed by atoms with Gasteiger partial charge in [-0.3, -0.25) is 4.79 Å². The topological polar surface area (TPSA) is 61.4 Å². The lowest BCUT2D eigenvalue weighted by Crippen LogP contribution is -2.50. The number of benzene rings is 1. The molecule has 8 heteroatoms. The van der Waals surface area contributed by atoms with Crippen molar-refractivity contribution < 1.29 is 4.79 Å². The molecule has 3 rings (SSSR count). The lowest BCUT2D eigenvalue weighted by atomic mass is 10.0. The minimum Gasteiger partial charge on any atom is -0.339 e. The van der Waals surface area contributed by atoms with E-state index in [4.69, 9.17) is 0 Å². The Morgan fingerprint density at radius 1 is 1.14 bits per heavy atom. The van der Waals surface area contributed by atoms with Crippen LogP contribution in [0.3, 0.4) is 0 Å². The molecule has 28 heavy (non-hydrogen) atoms. The highest BCUT2D eigenvalue weighted by molar-refractivity contribution is 8.02. The van der Waals surface area contributed by atoms with Crippen LogP contribution in [-0.4, -0.2) is 63.9 Å². The van der Waals surface area contributed by atoms with Gasteiger partial charge < -0.3 is 15.1 Å². The van der Waals surface area contributed by atoms with E-state index in [2.05, 4.69) is 65.5 Å². The van der Waals surface area contributed by atoms with Crippen molar-refractivity contribution in [1.82, 2.24) is 20.0 Å². The zero-order chi connectivity index (χ0) is 20.1. The Hall–Kier alpha value is -1.64. The Balaban J connectivity index is 1.53. The quantitative estimate of drug-likeness (QED) is 0.683. The summed E-state index contributed by atoms with van der Waals surface area (Å²) >= 11 is 2.98. The van der Waals surface area contributed by atoms with Gasteiger partial charge >= 0.3 is 0 Å². The van der Waals surface area contributed by atoms with E-state index in [0.717, 1.165) is 47.9 Å². The van der Waals surface area contributed by atoms with Gasteiger partial charge in [0.25, 0.3) is 0 Å². The normalized spacial score (nSPS) is 16.4. The first-order valence-corrected chi connectivity index (χ1v) is 11.5. The number of thioether (sulfide) groups is 1. The van der Waals surface area contributed by atoms with Gasteiger partial charge in [-0.05, 0) is 37.1 Å². The van der Waals surface area contributed by atoms with Crippen molar-refractivity contribution in [2.45, 2.75) is 43.2 Å². The maximum atomic E-state index is 12.7. The van der Waals surface area contributed by atoms with Gasteiger partial charge in [0.15, 0.2) is 4.34 Å². The van der Waals surface area contributed by atoms with E-state index in [1.807, 2.05) is 11.8 Å².